The zero-order valence-corrected chi connectivity index (χ0v) is 4.94. The van der Waals surface area contributed by atoms with Crippen molar-refractivity contribution in [1.82, 2.24) is 0 Å². The third-order valence-corrected chi connectivity index (χ3v) is 0.805. The lowest BCUT2D eigenvalue weighted by Crippen LogP contribution is -2.39. The summed E-state index contributed by atoms with van der Waals surface area (Å²) in [6, 6.07) is -1.16. The molecule has 2 atom stereocenters. The van der Waals surface area contributed by atoms with Gasteiger partial charge in [-0.15, -0.1) is 0 Å². The summed E-state index contributed by atoms with van der Waals surface area (Å²) in [4.78, 5) is 9.86. The highest BCUT2D eigenvalue weighted by atomic mass is 19.0. The van der Waals surface area contributed by atoms with Crippen LogP contribution < -0.4 is 5.73 Å². The lowest BCUT2D eigenvalue weighted by atomic mass is 10.2. The van der Waals surface area contributed by atoms with E-state index in [0.29, 0.717) is 0 Å². The molecule has 0 saturated carbocycles. The fourth-order valence-electron chi connectivity index (χ4n) is 0.206. The number of aliphatic carboxylic acids is 1. The smallest absolute Gasteiger partial charge is 0.323 e. The highest BCUT2D eigenvalue weighted by Crippen LogP contribution is 1.85. The van der Waals surface area contributed by atoms with Crippen molar-refractivity contribution in [2.24, 2.45) is 5.73 Å². The first-order valence-corrected chi connectivity index (χ1v) is 2.22. The molecule has 0 aromatic rings. The SMILES string of the molecule is CC(O)C(N)C(=O)O.F. The zero-order chi connectivity index (χ0) is 6.73. The van der Waals surface area contributed by atoms with Gasteiger partial charge in [0.15, 0.2) is 0 Å². The summed E-state index contributed by atoms with van der Waals surface area (Å²) >= 11 is 0. The maximum absolute atomic E-state index is 9.86. The third kappa shape index (κ3) is 3.87. The van der Waals surface area contributed by atoms with E-state index in [0.717, 1.165) is 0 Å². The standard InChI is InChI=1S/C4H9NO3.FH/c1-2(6)3(5)4(7)8;/h2-3,6H,5H2,1H3,(H,7,8);1H. The van der Waals surface area contributed by atoms with Crippen molar-refractivity contribution >= 4 is 5.97 Å². The summed E-state index contributed by atoms with van der Waals surface area (Å²) in [5.74, 6) is -1.18. The number of aliphatic hydroxyl groups excluding tert-OH is 1. The molecule has 2 unspecified atom stereocenters. The summed E-state index contributed by atoms with van der Waals surface area (Å²) in [5, 5.41) is 16.6. The van der Waals surface area contributed by atoms with Gasteiger partial charge < -0.3 is 15.9 Å². The van der Waals surface area contributed by atoms with Gasteiger partial charge in [-0.1, -0.05) is 0 Å². The average molecular weight is 139 g/mol. The lowest BCUT2D eigenvalue weighted by molar-refractivity contribution is -0.140. The average Bonchev–Trinajstić information content (AvgIpc) is 1.64. The van der Waals surface area contributed by atoms with Crippen LogP contribution in [0.15, 0.2) is 0 Å². The number of nitrogens with two attached hydrogens (primary N) is 1. The number of hydrogen-bond acceptors (Lipinski definition) is 3. The van der Waals surface area contributed by atoms with Crippen molar-refractivity contribution in [3.05, 3.63) is 0 Å². The van der Waals surface area contributed by atoms with E-state index in [1.165, 1.54) is 6.92 Å². The van der Waals surface area contributed by atoms with Gasteiger partial charge in [0.25, 0.3) is 0 Å². The van der Waals surface area contributed by atoms with Crippen LogP contribution in [-0.2, 0) is 4.79 Å². The van der Waals surface area contributed by atoms with Crippen molar-refractivity contribution in [1.29, 1.82) is 0 Å². The first-order valence-electron chi connectivity index (χ1n) is 2.22. The first-order chi connectivity index (χ1) is 3.55. The molecule has 56 valence electrons. The molecule has 0 aliphatic rings. The molecule has 0 aromatic carbocycles. The number of rotatable bonds is 2. The van der Waals surface area contributed by atoms with Gasteiger partial charge in [0.1, 0.15) is 6.04 Å². The monoisotopic (exact) mass is 139 g/mol. The number of aliphatic hydroxyl groups is 1. The van der Waals surface area contributed by atoms with E-state index >= 15 is 0 Å². The van der Waals surface area contributed by atoms with Gasteiger partial charge in [0.05, 0.1) is 6.10 Å². The minimum Gasteiger partial charge on any atom is -0.480 e. The number of carboxylic acids is 1. The normalized spacial score (nSPS) is 15.4. The van der Waals surface area contributed by atoms with Gasteiger partial charge in [-0.25, -0.2) is 0 Å². The van der Waals surface area contributed by atoms with Crippen LogP contribution in [0.5, 0.6) is 0 Å². The van der Waals surface area contributed by atoms with Crippen molar-refractivity contribution in [2.75, 3.05) is 0 Å². The first kappa shape index (κ1) is 11.2. The molecule has 9 heavy (non-hydrogen) atoms. The van der Waals surface area contributed by atoms with Crippen LogP contribution >= 0.6 is 0 Å². The van der Waals surface area contributed by atoms with Crippen LogP contribution in [-0.4, -0.2) is 28.3 Å². The number of carbonyl (C=O) groups is 1. The van der Waals surface area contributed by atoms with Crippen LogP contribution in [0.2, 0.25) is 0 Å². The van der Waals surface area contributed by atoms with Gasteiger partial charge in [0.2, 0.25) is 0 Å². The van der Waals surface area contributed by atoms with Crippen LogP contribution in [0, 0.1) is 0 Å². The lowest BCUT2D eigenvalue weighted by Gasteiger charge is -2.06. The predicted molar refractivity (Wildman–Crippen MR) is 29.8 cm³/mol. The molecular formula is C4H10FNO3. The Balaban J connectivity index is 0. The highest BCUT2D eigenvalue weighted by molar-refractivity contribution is 5.73. The largest absolute Gasteiger partial charge is 0.480 e. The Morgan fingerprint density at radius 3 is 2.00 bits per heavy atom. The molecule has 0 fully saturated rings. The van der Waals surface area contributed by atoms with Crippen LogP contribution in [0.4, 0.5) is 4.70 Å². The molecule has 0 spiro atoms. The van der Waals surface area contributed by atoms with E-state index in [2.05, 4.69) is 0 Å². The Morgan fingerprint density at radius 2 is 2.00 bits per heavy atom. The molecule has 4 nitrogen and oxygen atoms in total. The molecule has 0 rings (SSSR count). The molecule has 4 N–H and O–H groups in total. The van der Waals surface area contributed by atoms with Gasteiger partial charge in [-0.3, -0.25) is 9.50 Å². The van der Waals surface area contributed by atoms with E-state index in [9.17, 15) is 4.79 Å². The predicted octanol–water partition coefficient (Wildman–Crippen LogP) is -1.07. The molecular weight excluding hydrogens is 129 g/mol. The maximum Gasteiger partial charge on any atom is 0.323 e. The molecule has 0 aliphatic heterocycles. The number of hydrogen-bond donors (Lipinski definition) is 3. The Hall–Kier alpha value is -0.680. The molecule has 0 radical (unpaired) electrons. The fraction of sp³-hybridized carbons (Fsp3) is 0.750. The second-order valence-electron chi connectivity index (χ2n) is 1.60. The molecule has 0 bridgehead atoms. The van der Waals surface area contributed by atoms with Crippen molar-refractivity contribution in [3.8, 4) is 0 Å². The molecule has 0 heterocycles. The number of halogens is 1. The molecule has 5 heteroatoms. The highest BCUT2D eigenvalue weighted by Gasteiger charge is 2.16. The van der Waals surface area contributed by atoms with Crippen LogP contribution in [0.25, 0.3) is 0 Å². The Kier molecular flexibility index (Phi) is 5.24. The second kappa shape index (κ2) is 4.22. The van der Waals surface area contributed by atoms with E-state index in [1.54, 1.807) is 0 Å². The van der Waals surface area contributed by atoms with Crippen LogP contribution in [0.3, 0.4) is 0 Å². The summed E-state index contributed by atoms with van der Waals surface area (Å²) in [5.41, 5.74) is 4.91. The summed E-state index contributed by atoms with van der Waals surface area (Å²) in [6.07, 6.45) is -0.979. The van der Waals surface area contributed by atoms with Gasteiger partial charge >= 0.3 is 5.97 Å². The molecule has 0 saturated heterocycles. The maximum atomic E-state index is 9.86. The van der Waals surface area contributed by atoms with Crippen molar-refractivity contribution in [3.63, 3.8) is 0 Å². The van der Waals surface area contributed by atoms with E-state index in [1.807, 2.05) is 0 Å². The van der Waals surface area contributed by atoms with Gasteiger partial charge in [-0.05, 0) is 6.92 Å². The molecule has 0 amide bonds. The molecule has 0 aliphatic carbocycles. The van der Waals surface area contributed by atoms with Crippen molar-refractivity contribution < 1.29 is 19.7 Å². The summed E-state index contributed by atoms with van der Waals surface area (Å²) in [6.45, 7) is 1.33. The topological polar surface area (TPSA) is 83.5 Å². The van der Waals surface area contributed by atoms with Gasteiger partial charge in [-0.2, -0.15) is 0 Å². The second-order valence-corrected chi connectivity index (χ2v) is 1.60. The quantitative estimate of drug-likeness (QED) is 0.455. The Labute approximate surface area is 51.7 Å². The van der Waals surface area contributed by atoms with Gasteiger partial charge in [0, 0.05) is 0 Å². The van der Waals surface area contributed by atoms with Crippen LogP contribution in [0.1, 0.15) is 6.92 Å². The minimum absolute atomic E-state index is 0. The fourth-order valence-corrected chi connectivity index (χ4v) is 0.206. The van der Waals surface area contributed by atoms with Crippen molar-refractivity contribution in [2.45, 2.75) is 19.1 Å². The third-order valence-electron chi connectivity index (χ3n) is 0.805. The Bertz CT molecular complexity index is 95.8. The van der Waals surface area contributed by atoms with E-state index in [-0.39, 0.29) is 4.70 Å². The Morgan fingerprint density at radius 1 is 1.67 bits per heavy atom. The number of carboxylic acid groups (broad SMARTS) is 1. The molecule has 0 aromatic heterocycles. The minimum atomic E-state index is -1.18. The van der Waals surface area contributed by atoms with E-state index < -0.39 is 18.1 Å². The summed E-state index contributed by atoms with van der Waals surface area (Å²) in [7, 11) is 0. The zero-order valence-electron chi connectivity index (χ0n) is 4.94. The summed E-state index contributed by atoms with van der Waals surface area (Å²) < 4.78 is 0. The van der Waals surface area contributed by atoms with E-state index in [4.69, 9.17) is 15.9 Å².